The lowest BCUT2D eigenvalue weighted by molar-refractivity contribution is -0.145. The number of likely N-dealkylation sites (N-methyl/N-ethyl adjacent to an activating group) is 1. The monoisotopic (exact) mass is 438 g/mol. The van der Waals surface area contributed by atoms with Gasteiger partial charge in [-0.1, -0.05) is 42.8 Å². The van der Waals surface area contributed by atoms with E-state index in [0.717, 1.165) is 29.2 Å². The minimum absolute atomic E-state index is 0.155. The highest BCUT2D eigenvalue weighted by atomic mass is 35.5. The molecule has 2 atom stereocenters. The van der Waals surface area contributed by atoms with Crippen LogP contribution in [0.2, 0.25) is 5.02 Å². The van der Waals surface area contributed by atoms with Gasteiger partial charge in [0.15, 0.2) is 5.41 Å². The number of halogens is 1. The lowest BCUT2D eigenvalue weighted by atomic mass is 9.67. The summed E-state index contributed by atoms with van der Waals surface area (Å²) in [4.78, 5) is 45.8. The molecule has 0 bridgehead atoms. The number of benzene rings is 2. The van der Waals surface area contributed by atoms with E-state index in [1.807, 2.05) is 18.2 Å². The molecule has 8 heteroatoms. The molecule has 2 saturated heterocycles. The smallest absolute Gasteiger partial charge is 0.335 e. The fourth-order valence-corrected chi connectivity index (χ4v) is 5.38. The van der Waals surface area contributed by atoms with Crippen LogP contribution in [0.4, 0.5) is 16.2 Å². The molecule has 0 unspecified atom stereocenters. The third-order valence-corrected chi connectivity index (χ3v) is 7.12. The summed E-state index contributed by atoms with van der Waals surface area (Å²) in [5.74, 6) is -1.04. The molecule has 3 aliphatic heterocycles. The van der Waals surface area contributed by atoms with Crippen molar-refractivity contribution in [2.45, 2.75) is 19.4 Å². The van der Waals surface area contributed by atoms with E-state index in [1.165, 1.54) is 0 Å². The fraction of sp³-hybridized carbons (Fsp3) is 0.348. The molecule has 0 saturated carbocycles. The van der Waals surface area contributed by atoms with Crippen LogP contribution in [0.1, 0.15) is 12.5 Å². The number of hydrogen-bond donors (Lipinski definition) is 1. The third-order valence-electron chi connectivity index (χ3n) is 6.77. The average molecular weight is 439 g/mol. The lowest BCUT2D eigenvalue weighted by Crippen LogP contribution is -2.75. The number of para-hydroxylation sites is 1. The standard InChI is InChI=1S/C23H23ClN4O3/c1-2-26-11-12-27-18-10-6-9-17(24)16(18)13-23(19(27)14-26)20(29)25-22(31)28(21(23)30)15-7-4-3-5-8-15/h3-10,19H,2,11-14H2,1H3,(H,25,29,31)/t19-,23+/m1/s1. The van der Waals surface area contributed by atoms with Gasteiger partial charge in [0, 0.05) is 36.8 Å². The maximum absolute atomic E-state index is 14.1. The number of amides is 4. The van der Waals surface area contributed by atoms with Crippen molar-refractivity contribution in [3.05, 3.63) is 59.1 Å². The first-order valence-electron chi connectivity index (χ1n) is 10.5. The van der Waals surface area contributed by atoms with Crippen LogP contribution in [0.25, 0.3) is 0 Å². The Kier molecular flexibility index (Phi) is 4.75. The van der Waals surface area contributed by atoms with Gasteiger partial charge in [0.05, 0.1) is 11.7 Å². The van der Waals surface area contributed by atoms with Crippen LogP contribution < -0.4 is 15.1 Å². The Hall–Kier alpha value is -2.90. The van der Waals surface area contributed by atoms with Crippen LogP contribution in [0, 0.1) is 5.41 Å². The number of nitrogens with one attached hydrogen (secondary N) is 1. The number of hydrogen-bond acceptors (Lipinski definition) is 5. The van der Waals surface area contributed by atoms with Gasteiger partial charge in [0.2, 0.25) is 5.91 Å². The Labute approximate surface area is 185 Å². The second-order valence-electron chi connectivity index (χ2n) is 8.22. The summed E-state index contributed by atoms with van der Waals surface area (Å²) in [6.07, 6.45) is 0.155. The minimum atomic E-state index is -1.45. The van der Waals surface area contributed by atoms with Crippen molar-refractivity contribution in [3.8, 4) is 0 Å². The molecule has 2 aromatic rings. The molecule has 1 N–H and O–H groups in total. The highest BCUT2D eigenvalue weighted by molar-refractivity contribution is 6.33. The SMILES string of the molecule is CCN1CCN2c3cccc(Cl)c3C[C@@]3(C(=O)NC(=O)N(c4ccccc4)C3=O)[C@H]2C1. The lowest BCUT2D eigenvalue weighted by Gasteiger charge is -2.55. The normalized spacial score (nSPS) is 26.0. The maximum atomic E-state index is 14.1. The summed E-state index contributed by atoms with van der Waals surface area (Å²) in [5, 5.41) is 3.00. The zero-order valence-electron chi connectivity index (χ0n) is 17.2. The first kappa shape index (κ1) is 20.0. The number of rotatable bonds is 2. The molecule has 2 aromatic carbocycles. The summed E-state index contributed by atoms with van der Waals surface area (Å²) in [5.41, 5.74) is 0.727. The van der Waals surface area contributed by atoms with Crippen molar-refractivity contribution in [2.75, 3.05) is 36.0 Å². The Morgan fingerprint density at radius 3 is 2.58 bits per heavy atom. The van der Waals surface area contributed by atoms with Crippen LogP contribution in [0.3, 0.4) is 0 Å². The van der Waals surface area contributed by atoms with Gasteiger partial charge in [-0.05, 0) is 36.4 Å². The van der Waals surface area contributed by atoms with E-state index in [1.54, 1.807) is 30.3 Å². The van der Waals surface area contributed by atoms with Crippen molar-refractivity contribution in [2.24, 2.45) is 5.41 Å². The van der Waals surface area contributed by atoms with Crippen LogP contribution in [0.15, 0.2) is 48.5 Å². The summed E-state index contributed by atoms with van der Waals surface area (Å²) in [6, 6.07) is 13.3. The molecule has 0 aliphatic carbocycles. The summed E-state index contributed by atoms with van der Waals surface area (Å²) in [6.45, 7) is 4.94. The first-order valence-corrected chi connectivity index (χ1v) is 10.9. The van der Waals surface area contributed by atoms with Gasteiger partial charge in [0.25, 0.3) is 5.91 Å². The predicted molar refractivity (Wildman–Crippen MR) is 118 cm³/mol. The minimum Gasteiger partial charge on any atom is -0.364 e. The van der Waals surface area contributed by atoms with Crippen molar-refractivity contribution in [3.63, 3.8) is 0 Å². The van der Waals surface area contributed by atoms with E-state index >= 15 is 0 Å². The van der Waals surface area contributed by atoms with Gasteiger partial charge in [0.1, 0.15) is 0 Å². The highest BCUT2D eigenvalue weighted by Crippen LogP contribution is 2.48. The van der Waals surface area contributed by atoms with Crippen LogP contribution >= 0.6 is 11.6 Å². The molecule has 1 spiro atoms. The molecular weight excluding hydrogens is 416 g/mol. The molecular formula is C23H23ClN4O3. The molecule has 7 nitrogen and oxygen atoms in total. The topological polar surface area (TPSA) is 73.0 Å². The molecule has 31 heavy (non-hydrogen) atoms. The van der Waals surface area contributed by atoms with Crippen molar-refractivity contribution in [1.29, 1.82) is 0 Å². The third kappa shape index (κ3) is 2.87. The number of nitrogens with zero attached hydrogens (tertiary/aromatic N) is 3. The quantitative estimate of drug-likeness (QED) is 0.730. The Morgan fingerprint density at radius 2 is 1.84 bits per heavy atom. The maximum Gasteiger partial charge on any atom is 0.335 e. The number of imide groups is 2. The summed E-state index contributed by atoms with van der Waals surface area (Å²) >= 11 is 6.55. The van der Waals surface area contributed by atoms with E-state index < -0.39 is 29.3 Å². The van der Waals surface area contributed by atoms with Gasteiger partial charge in [-0.3, -0.25) is 19.8 Å². The molecule has 0 aromatic heterocycles. The Bertz CT molecular complexity index is 1080. The molecule has 0 radical (unpaired) electrons. The van der Waals surface area contributed by atoms with Gasteiger partial charge in [-0.25, -0.2) is 9.69 Å². The molecule has 5 rings (SSSR count). The van der Waals surface area contributed by atoms with Gasteiger partial charge < -0.3 is 4.90 Å². The second kappa shape index (κ2) is 7.35. The average Bonchev–Trinajstić information content (AvgIpc) is 2.78. The highest BCUT2D eigenvalue weighted by Gasteiger charge is 2.63. The number of carbonyl (C=O) groups excluding carboxylic acids is 3. The fourth-order valence-electron chi connectivity index (χ4n) is 5.14. The van der Waals surface area contributed by atoms with Gasteiger partial charge in [-0.2, -0.15) is 0 Å². The van der Waals surface area contributed by atoms with E-state index in [4.69, 9.17) is 11.6 Å². The van der Waals surface area contributed by atoms with Gasteiger partial charge in [-0.15, -0.1) is 0 Å². The van der Waals surface area contributed by atoms with E-state index in [-0.39, 0.29) is 6.42 Å². The number of barbiturate groups is 1. The number of carbonyl (C=O) groups is 3. The zero-order chi connectivity index (χ0) is 21.8. The zero-order valence-corrected chi connectivity index (χ0v) is 17.9. The summed E-state index contributed by atoms with van der Waals surface area (Å²) in [7, 11) is 0. The van der Waals surface area contributed by atoms with E-state index in [2.05, 4.69) is 22.0 Å². The van der Waals surface area contributed by atoms with Crippen LogP contribution in [0.5, 0.6) is 0 Å². The molecule has 2 fully saturated rings. The first-order chi connectivity index (χ1) is 15.0. The van der Waals surface area contributed by atoms with Crippen molar-refractivity contribution >= 4 is 40.8 Å². The number of fused-ring (bicyclic) bond motifs is 4. The van der Waals surface area contributed by atoms with Crippen molar-refractivity contribution in [1.82, 2.24) is 10.2 Å². The molecule has 3 aliphatic rings. The molecule has 4 amide bonds. The Balaban J connectivity index is 1.69. The largest absolute Gasteiger partial charge is 0.364 e. The number of urea groups is 1. The Morgan fingerprint density at radius 1 is 1.06 bits per heavy atom. The number of piperazine rings is 1. The second-order valence-corrected chi connectivity index (χ2v) is 8.63. The van der Waals surface area contributed by atoms with Crippen LogP contribution in [-0.2, 0) is 16.0 Å². The number of anilines is 2. The molecule has 3 heterocycles. The predicted octanol–water partition coefficient (Wildman–Crippen LogP) is 2.68. The van der Waals surface area contributed by atoms with Crippen LogP contribution in [-0.4, -0.2) is 55.0 Å². The van der Waals surface area contributed by atoms with E-state index in [0.29, 0.717) is 23.8 Å². The van der Waals surface area contributed by atoms with E-state index in [9.17, 15) is 14.4 Å². The van der Waals surface area contributed by atoms with Gasteiger partial charge >= 0.3 is 6.03 Å². The van der Waals surface area contributed by atoms with Crippen molar-refractivity contribution < 1.29 is 14.4 Å². The molecule has 160 valence electrons. The summed E-state index contributed by atoms with van der Waals surface area (Å²) < 4.78 is 0.